The number of anilines is 2. The Bertz CT molecular complexity index is 652. The number of aryl methyl sites for hydroxylation is 2. The molecule has 5 nitrogen and oxygen atoms in total. The number of amides is 1. The summed E-state index contributed by atoms with van der Waals surface area (Å²) in [5, 5.41) is 7.25. The summed E-state index contributed by atoms with van der Waals surface area (Å²) >= 11 is 0. The summed E-state index contributed by atoms with van der Waals surface area (Å²) in [6, 6.07) is 9.80. The van der Waals surface area contributed by atoms with E-state index in [4.69, 9.17) is 0 Å². The molecule has 0 aliphatic carbocycles. The molecular weight excluding hydrogens is 276 g/mol. The largest absolute Gasteiger partial charge is 0.370 e. The summed E-state index contributed by atoms with van der Waals surface area (Å²) in [6.07, 6.45) is 3.71. The molecule has 1 aliphatic heterocycles. The van der Waals surface area contributed by atoms with Gasteiger partial charge in [-0.2, -0.15) is 5.10 Å². The van der Waals surface area contributed by atoms with Crippen LogP contribution in [0.5, 0.6) is 0 Å². The van der Waals surface area contributed by atoms with Crippen molar-refractivity contribution in [3.05, 3.63) is 41.7 Å². The van der Waals surface area contributed by atoms with Gasteiger partial charge in [0, 0.05) is 25.8 Å². The number of rotatable bonds is 3. The predicted octanol–water partition coefficient (Wildman–Crippen LogP) is 2.97. The van der Waals surface area contributed by atoms with Gasteiger partial charge < -0.3 is 10.2 Å². The minimum absolute atomic E-state index is 0.159. The van der Waals surface area contributed by atoms with Gasteiger partial charge in [-0.05, 0) is 44.4 Å². The minimum atomic E-state index is -0.159. The highest BCUT2D eigenvalue weighted by Crippen LogP contribution is 2.28. The second-order valence-corrected chi connectivity index (χ2v) is 5.81. The van der Waals surface area contributed by atoms with Gasteiger partial charge in [-0.25, -0.2) is 0 Å². The number of piperidine rings is 1. The van der Waals surface area contributed by atoms with Crippen molar-refractivity contribution in [3.8, 4) is 0 Å². The lowest BCUT2D eigenvalue weighted by atomic mass is 10.1. The smallest absolute Gasteiger partial charge is 0.276 e. The van der Waals surface area contributed by atoms with Crippen molar-refractivity contribution < 1.29 is 4.79 Å². The standard InChI is InChI=1S/C17H22N4O/c1-13-12-15(19-20(13)2)17(22)18-14-8-4-5-9-16(14)21-10-6-3-7-11-21/h4-5,8-9,12H,3,6-7,10-11H2,1-2H3,(H,18,22). The van der Waals surface area contributed by atoms with Crippen molar-refractivity contribution in [1.82, 2.24) is 9.78 Å². The molecule has 5 heteroatoms. The second-order valence-electron chi connectivity index (χ2n) is 5.81. The van der Waals surface area contributed by atoms with Crippen LogP contribution in [0.3, 0.4) is 0 Å². The van der Waals surface area contributed by atoms with Crippen molar-refractivity contribution >= 4 is 17.3 Å². The van der Waals surface area contributed by atoms with Gasteiger partial charge in [0.05, 0.1) is 11.4 Å². The van der Waals surface area contributed by atoms with E-state index in [9.17, 15) is 4.79 Å². The number of nitrogens with zero attached hydrogens (tertiary/aromatic N) is 3. The maximum absolute atomic E-state index is 12.4. The van der Waals surface area contributed by atoms with Crippen LogP contribution >= 0.6 is 0 Å². The Hall–Kier alpha value is -2.30. The quantitative estimate of drug-likeness (QED) is 0.947. The number of carbonyl (C=O) groups excluding carboxylic acids is 1. The molecule has 0 saturated carbocycles. The number of para-hydroxylation sites is 2. The Kier molecular flexibility index (Phi) is 4.13. The molecule has 3 rings (SSSR count). The molecule has 1 fully saturated rings. The normalized spacial score (nSPS) is 14.9. The molecular formula is C17H22N4O. The van der Waals surface area contributed by atoms with E-state index < -0.39 is 0 Å². The average molecular weight is 298 g/mol. The molecule has 1 amide bonds. The van der Waals surface area contributed by atoms with Crippen molar-refractivity contribution in [2.24, 2.45) is 7.05 Å². The number of carbonyl (C=O) groups is 1. The number of nitrogens with one attached hydrogen (secondary N) is 1. The lowest BCUT2D eigenvalue weighted by molar-refractivity contribution is 0.102. The third-order valence-electron chi connectivity index (χ3n) is 4.20. The van der Waals surface area contributed by atoms with Crippen LogP contribution in [0.1, 0.15) is 35.4 Å². The number of benzene rings is 1. The molecule has 0 atom stereocenters. The Labute approximate surface area is 130 Å². The summed E-state index contributed by atoms with van der Waals surface area (Å²) in [6.45, 7) is 4.04. The molecule has 1 aromatic carbocycles. The van der Waals surface area contributed by atoms with E-state index in [2.05, 4.69) is 21.4 Å². The van der Waals surface area contributed by atoms with E-state index in [0.29, 0.717) is 5.69 Å². The highest BCUT2D eigenvalue weighted by molar-refractivity contribution is 6.04. The zero-order chi connectivity index (χ0) is 15.5. The molecule has 0 unspecified atom stereocenters. The van der Waals surface area contributed by atoms with Crippen LogP contribution in [0, 0.1) is 6.92 Å². The first-order chi connectivity index (χ1) is 10.6. The van der Waals surface area contributed by atoms with E-state index in [1.807, 2.05) is 32.2 Å². The van der Waals surface area contributed by atoms with Gasteiger partial charge in [0.1, 0.15) is 0 Å². The lowest BCUT2D eigenvalue weighted by Crippen LogP contribution is -2.30. The molecule has 22 heavy (non-hydrogen) atoms. The van der Waals surface area contributed by atoms with Gasteiger partial charge in [0.25, 0.3) is 5.91 Å². The van der Waals surface area contributed by atoms with Crippen LogP contribution in [0.4, 0.5) is 11.4 Å². The molecule has 2 heterocycles. The third-order valence-corrected chi connectivity index (χ3v) is 4.20. The van der Waals surface area contributed by atoms with Gasteiger partial charge in [-0.3, -0.25) is 9.48 Å². The summed E-state index contributed by atoms with van der Waals surface area (Å²) in [5.74, 6) is -0.159. The summed E-state index contributed by atoms with van der Waals surface area (Å²) in [7, 11) is 1.84. The first kappa shape index (κ1) is 14.6. The molecule has 0 radical (unpaired) electrons. The monoisotopic (exact) mass is 298 g/mol. The van der Waals surface area contributed by atoms with E-state index in [1.165, 1.54) is 19.3 Å². The summed E-state index contributed by atoms with van der Waals surface area (Å²) in [4.78, 5) is 14.8. The topological polar surface area (TPSA) is 50.2 Å². The van der Waals surface area contributed by atoms with Crippen molar-refractivity contribution in [1.29, 1.82) is 0 Å². The van der Waals surface area contributed by atoms with Crippen molar-refractivity contribution in [3.63, 3.8) is 0 Å². The van der Waals surface area contributed by atoms with Crippen LogP contribution in [0.2, 0.25) is 0 Å². The number of aromatic nitrogens is 2. The fraction of sp³-hybridized carbons (Fsp3) is 0.412. The molecule has 1 aromatic heterocycles. The molecule has 1 aliphatic rings. The zero-order valence-corrected chi connectivity index (χ0v) is 13.2. The molecule has 2 aromatic rings. The molecule has 1 N–H and O–H groups in total. The molecule has 0 bridgehead atoms. The van der Waals surface area contributed by atoms with Gasteiger partial charge in [-0.1, -0.05) is 12.1 Å². The van der Waals surface area contributed by atoms with Crippen molar-refractivity contribution in [2.75, 3.05) is 23.3 Å². The Balaban J connectivity index is 1.81. The fourth-order valence-corrected chi connectivity index (χ4v) is 2.85. The van der Waals surface area contributed by atoms with Crippen molar-refractivity contribution in [2.45, 2.75) is 26.2 Å². The first-order valence-electron chi connectivity index (χ1n) is 7.81. The van der Waals surface area contributed by atoms with Gasteiger partial charge >= 0.3 is 0 Å². The summed E-state index contributed by atoms with van der Waals surface area (Å²) < 4.78 is 1.71. The predicted molar refractivity (Wildman–Crippen MR) is 88.4 cm³/mol. The minimum Gasteiger partial charge on any atom is -0.370 e. The van der Waals surface area contributed by atoms with Gasteiger partial charge in [0.2, 0.25) is 0 Å². The van der Waals surface area contributed by atoms with Gasteiger partial charge in [0.15, 0.2) is 5.69 Å². The van der Waals surface area contributed by atoms with Crippen LogP contribution < -0.4 is 10.2 Å². The van der Waals surface area contributed by atoms with Crippen LogP contribution in [0.15, 0.2) is 30.3 Å². The Morgan fingerprint density at radius 2 is 1.91 bits per heavy atom. The van der Waals surface area contributed by atoms with Crippen LogP contribution in [0.25, 0.3) is 0 Å². The van der Waals surface area contributed by atoms with Crippen LogP contribution in [-0.4, -0.2) is 28.8 Å². The van der Waals surface area contributed by atoms with Gasteiger partial charge in [-0.15, -0.1) is 0 Å². The first-order valence-corrected chi connectivity index (χ1v) is 7.81. The van der Waals surface area contributed by atoms with E-state index in [0.717, 1.165) is 30.2 Å². The zero-order valence-electron chi connectivity index (χ0n) is 13.2. The Morgan fingerprint density at radius 3 is 2.59 bits per heavy atom. The van der Waals surface area contributed by atoms with E-state index >= 15 is 0 Å². The van der Waals surface area contributed by atoms with E-state index in [1.54, 1.807) is 10.7 Å². The maximum atomic E-state index is 12.4. The number of hydrogen-bond donors (Lipinski definition) is 1. The second kappa shape index (κ2) is 6.22. The third kappa shape index (κ3) is 2.98. The summed E-state index contributed by atoms with van der Waals surface area (Å²) in [5.41, 5.74) is 3.38. The average Bonchev–Trinajstić information content (AvgIpc) is 2.88. The molecule has 116 valence electrons. The highest BCUT2D eigenvalue weighted by atomic mass is 16.2. The highest BCUT2D eigenvalue weighted by Gasteiger charge is 2.17. The number of hydrogen-bond acceptors (Lipinski definition) is 3. The fourth-order valence-electron chi connectivity index (χ4n) is 2.85. The molecule has 0 spiro atoms. The SMILES string of the molecule is Cc1cc(C(=O)Nc2ccccc2N2CCCCC2)nn1C. The molecule has 1 saturated heterocycles. The Morgan fingerprint density at radius 1 is 1.18 bits per heavy atom. The lowest BCUT2D eigenvalue weighted by Gasteiger charge is -2.30. The maximum Gasteiger partial charge on any atom is 0.276 e. The van der Waals surface area contributed by atoms with Crippen LogP contribution in [-0.2, 0) is 7.05 Å². The van der Waals surface area contributed by atoms with E-state index in [-0.39, 0.29) is 5.91 Å².